The van der Waals surface area contributed by atoms with Gasteiger partial charge in [0.25, 0.3) is 11.5 Å². The maximum atomic E-state index is 12.3. The molecule has 3 rings (SSSR count). The standard InChI is InChI=1S/C19H25N5O12/c1-33-12-11(29)17(24-3-2-9(27)23-19(24)32)35-13(12)14(15(21)30)36-18-10(28)6(25)4-7(34-18)16(31)22-5-8(20)26/h2-4,6,10-14,17-18,25,28-29H,5H2,1H3,(H2,20,26)(H2,21,30)(H,22,31)(H,23,27,32)/t6?,10?,11?,12?,13-,14?,17+,18+/m0/s1. The molecule has 3 amide bonds. The molecule has 2 aliphatic heterocycles. The second-order valence-electron chi connectivity index (χ2n) is 7.81. The molecule has 1 saturated heterocycles. The van der Waals surface area contributed by atoms with Crippen molar-refractivity contribution in [1.82, 2.24) is 14.9 Å². The molecule has 9 N–H and O–H groups in total. The van der Waals surface area contributed by atoms with Crippen molar-refractivity contribution in [3.63, 3.8) is 0 Å². The molecule has 0 saturated carbocycles. The quantitative estimate of drug-likeness (QED) is 0.162. The van der Waals surface area contributed by atoms with E-state index in [-0.39, 0.29) is 0 Å². The Hall–Kier alpha value is -3.61. The van der Waals surface area contributed by atoms with Crippen molar-refractivity contribution >= 4 is 17.7 Å². The average Bonchev–Trinajstić information content (AvgIpc) is 3.13. The van der Waals surface area contributed by atoms with Gasteiger partial charge in [0.05, 0.1) is 6.54 Å². The third-order valence-electron chi connectivity index (χ3n) is 5.35. The lowest BCUT2D eigenvalue weighted by Gasteiger charge is -2.35. The fourth-order valence-corrected chi connectivity index (χ4v) is 3.64. The van der Waals surface area contributed by atoms with E-state index in [0.29, 0.717) is 0 Å². The van der Waals surface area contributed by atoms with Crippen molar-refractivity contribution in [1.29, 1.82) is 0 Å². The molecule has 0 radical (unpaired) electrons. The van der Waals surface area contributed by atoms with Crippen LogP contribution in [-0.4, -0.2) is 99.2 Å². The van der Waals surface area contributed by atoms with Crippen LogP contribution in [0.1, 0.15) is 6.23 Å². The van der Waals surface area contributed by atoms with E-state index in [9.17, 15) is 39.3 Å². The smallest absolute Gasteiger partial charge is 0.330 e. The zero-order chi connectivity index (χ0) is 26.7. The molecule has 0 aliphatic carbocycles. The zero-order valence-electron chi connectivity index (χ0n) is 18.7. The molecule has 17 heteroatoms. The minimum atomic E-state index is -1.86. The summed E-state index contributed by atoms with van der Waals surface area (Å²) >= 11 is 0. The van der Waals surface area contributed by atoms with E-state index < -0.39 is 90.4 Å². The molecule has 1 aromatic rings. The van der Waals surface area contributed by atoms with Crippen molar-refractivity contribution in [2.45, 2.75) is 49.1 Å². The lowest BCUT2D eigenvalue weighted by Crippen LogP contribution is -2.54. The Balaban J connectivity index is 1.84. The van der Waals surface area contributed by atoms with Gasteiger partial charge in [-0.05, 0) is 6.08 Å². The van der Waals surface area contributed by atoms with Crippen LogP contribution in [0.3, 0.4) is 0 Å². The lowest BCUT2D eigenvalue weighted by molar-refractivity contribution is -0.241. The van der Waals surface area contributed by atoms with Gasteiger partial charge < -0.3 is 51.1 Å². The Labute approximate surface area is 201 Å². The number of primary amides is 2. The molecular weight excluding hydrogens is 490 g/mol. The molecule has 5 unspecified atom stereocenters. The monoisotopic (exact) mass is 515 g/mol. The number of nitrogens with one attached hydrogen (secondary N) is 2. The number of hydrogen-bond donors (Lipinski definition) is 7. The first-order valence-electron chi connectivity index (χ1n) is 10.4. The number of aliphatic hydroxyl groups excluding tert-OH is 3. The van der Waals surface area contributed by atoms with Gasteiger partial charge in [-0.2, -0.15) is 0 Å². The SMILES string of the molecule is COC1C(O)[C@H](n2ccc(=O)[nH]c2=O)O[C@@H]1C(O[C@H]1OC(C(=O)NCC(N)=O)=CC(O)C1O)C(N)=O. The van der Waals surface area contributed by atoms with Crippen molar-refractivity contribution < 1.29 is 48.7 Å². The molecule has 1 fully saturated rings. The van der Waals surface area contributed by atoms with Crippen molar-refractivity contribution in [2.24, 2.45) is 11.5 Å². The van der Waals surface area contributed by atoms with Crippen LogP contribution in [0.5, 0.6) is 0 Å². The van der Waals surface area contributed by atoms with E-state index in [1.807, 2.05) is 4.98 Å². The number of aliphatic hydroxyl groups is 3. The van der Waals surface area contributed by atoms with Gasteiger partial charge >= 0.3 is 5.69 Å². The highest BCUT2D eigenvalue weighted by molar-refractivity contribution is 5.94. The van der Waals surface area contributed by atoms with E-state index >= 15 is 0 Å². The molecule has 0 bridgehead atoms. The number of carbonyl (C=O) groups excluding carboxylic acids is 3. The van der Waals surface area contributed by atoms with Crippen molar-refractivity contribution in [3.8, 4) is 0 Å². The second-order valence-corrected chi connectivity index (χ2v) is 7.81. The third kappa shape index (κ3) is 5.61. The van der Waals surface area contributed by atoms with Crippen molar-refractivity contribution in [3.05, 3.63) is 44.9 Å². The number of methoxy groups -OCH3 is 1. The van der Waals surface area contributed by atoms with Gasteiger partial charge in [-0.1, -0.05) is 0 Å². The molecule has 0 spiro atoms. The molecule has 36 heavy (non-hydrogen) atoms. The first-order chi connectivity index (χ1) is 16.9. The number of nitrogens with two attached hydrogens (primary N) is 2. The number of carbonyl (C=O) groups is 3. The molecular formula is C19H25N5O12. The van der Waals surface area contributed by atoms with Crippen LogP contribution in [0.4, 0.5) is 0 Å². The summed E-state index contributed by atoms with van der Waals surface area (Å²) < 4.78 is 22.4. The van der Waals surface area contributed by atoms with Crippen molar-refractivity contribution in [2.75, 3.05) is 13.7 Å². The number of ether oxygens (including phenoxy) is 4. The first kappa shape index (κ1) is 27.0. The maximum absolute atomic E-state index is 12.3. The van der Waals surface area contributed by atoms with E-state index in [2.05, 4.69) is 5.32 Å². The summed E-state index contributed by atoms with van der Waals surface area (Å²) in [6.45, 7) is -0.553. The molecule has 3 heterocycles. The predicted molar refractivity (Wildman–Crippen MR) is 113 cm³/mol. The molecule has 2 aliphatic rings. The minimum Gasteiger partial charge on any atom is -0.456 e. The van der Waals surface area contributed by atoms with Crippen LogP contribution in [0.25, 0.3) is 0 Å². The Morgan fingerprint density at radius 3 is 2.50 bits per heavy atom. The normalized spacial score (nSPS) is 30.7. The molecule has 17 nitrogen and oxygen atoms in total. The fraction of sp³-hybridized carbons (Fsp3) is 0.526. The maximum Gasteiger partial charge on any atom is 0.330 e. The lowest BCUT2D eigenvalue weighted by atomic mass is 10.0. The summed E-state index contributed by atoms with van der Waals surface area (Å²) in [5.41, 5.74) is 8.77. The van der Waals surface area contributed by atoms with Gasteiger partial charge in [-0.15, -0.1) is 0 Å². The Morgan fingerprint density at radius 1 is 1.22 bits per heavy atom. The number of aromatic amines is 1. The molecule has 8 atom stereocenters. The summed E-state index contributed by atoms with van der Waals surface area (Å²) in [6, 6.07) is 0.999. The number of rotatable bonds is 9. The molecule has 1 aromatic heterocycles. The highest BCUT2D eigenvalue weighted by Gasteiger charge is 2.52. The molecule has 198 valence electrons. The van der Waals surface area contributed by atoms with Crippen LogP contribution in [0.15, 0.2) is 33.7 Å². The van der Waals surface area contributed by atoms with Crippen LogP contribution in [0.2, 0.25) is 0 Å². The summed E-state index contributed by atoms with van der Waals surface area (Å²) in [6.07, 6.45) is -11.1. The van der Waals surface area contributed by atoms with Gasteiger partial charge in [0.2, 0.25) is 18.1 Å². The Morgan fingerprint density at radius 2 is 1.92 bits per heavy atom. The van der Waals surface area contributed by atoms with E-state index in [4.69, 9.17) is 30.4 Å². The first-order valence-corrected chi connectivity index (χ1v) is 10.4. The van der Waals surface area contributed by atoms with Crippen LogP contribution in [-0.2, 0) is 33.3 Å². The number of amides is 3. The zero-order valence-corrected chi connectivity index (χ0v) is 18.7. The topological polar surface area (TPSA) is 268 Å². The van der Waals surface area contributed by atoms with Gasteiger partial charge in [0, 0.05) is 19.4 Å². The van der Waals surface area contributed by atoms with Crippen LogP contribution in [0, 0.1) is 0 Å². The van der Waals surface area contributed by atoms with E-state index in [0.717, 1.165) is 22.9 Å². The summed E-state index contributed by atoms with van der Waals surface area (Å²) in [7, 11) is 1.17. The van der Waals surface area contributed by atoms with E-state index in [1.54, 1.807) is 0 Å². The van der Waals surface area contributed by atoms with Gasteiger partial charge in [-0.25, -0.2) is 4.79 Å². The third-order valence-corrected chi connectivity index (χ3v) is 5.35. The number of hydrogen-bond acceptors (Lipinski definition) is 12. The summed E-state index contributed by atoms with van der Waals surface area (Å²) in [5.74, 6) is -3.58. The van der Waals surface area contributed by atoms with E-state index in [1.165, 1.54) is 7.11 Å². The average molecular weight is 515 g/mol. The largest absolute Gasteiger partial charge is 0.456 e. The highest BCUT2D eigenvalue weighted by atomic mass is 16.7. The van der Waals surface area contributed by atoms with Crippen LogP contribution < -0.4 is 28.0 Å². The number of aromatic nitrogens is 2. The van der Waals surface area contributed by atoms with Gasteiger partial charge in [-0.3, -0.25) is 28.7 Å². The number of H-pyrrole nitrogens is 1. The Kier molecular flexibility index (Phi) is 8.23. The van der Waals surface area contributed by atoms with Gasteiger partial charge in [0.1, 0.15) is 30.5 Å². The highest BCUT2D eigenvalue weighted by Crippen LogP contribution is 2.34. The minimum absolute atomic E-state index is 0.553. The predicted octanol–water partition coefficient (Wildman–Crippen LogP) is -5.76. The molecule has 0 aromatic carbocycles. The summed E-state index contributed by atoms with van der Waals surface area (Å²) in [4.78, 5) is 60.9. The summed E-state index contributed by atoms with van der Waals surface area (Å²) in [5, 5.41) is 33.2. The number of nitrogens with zero attached hydrogens (tertiary/aromatic N) is 1. The van der Waals surface area contributed by atoms with Crippen LogP contribution >= 0.6 is 0 Å². The van der Waals surface area contributed by atoms with Gasteiger partial charge in [0.15, 0.2) is 18.1 Å². The Bertz CT molecular complexity index is 1150. The fourth-order valence-electron chi connectivity index (χ4n) is 3.64. The second kappa shape index (κ2) is 11.0.